The van der Waals surface area contributed by atoms with Gasteiger partial charge in [0.1, 0.15) is 5.69 Å². The van der Waals surface area contributed by atoms with Gasteiger partial charge in [-0.2, -0.15) is 13.2 Å². The number of carbonyl (C=O) groups is 1. The summed E-state index contributed by atoms with van der Waals surface area (Å²) in [6.07, 6.45) is 0.451. The molecule has 11 heteroatoms. The van der Waals surface area contributed by atoms with E-state index in [4.69, 9.17) is 10.8 Å². The highest BCUT2D eigenvalue weighted by molar-refractivity contribution is 5.94. The van der Waals surface area contributed by atoms with E-state index in [1.54, 1.807) is 0 Å². The number of phenols is 1. The van der Waals surface area contributed by atoms with Crippen LogP contribution in [0, 0.1) is 17.6 Å². The number of nitrogens with zero attached hydrogens (tertiary/aromatic N) is 2. The van der Waals surface area contributed by atoms with Crippen molar-refractivity contribution >= 4 is 17.8 Å². The predicted molar refractivity (Wildman–Crippen MR) is 107 cm³/mol. The second-order valence-electron chi connectivity index (χ2n) is 7.65. The van der Waals surface area contributed by atoms with Crippen LogP contribution >= 0.6 is 0 Å². The molecule has 0 saturated heterocycles. The minimum absolute atomic E-state index is 0.0934. The Labute approximate surface area is 180 Å². The van der Waals surface area contributed by atoms with E-state index in [2.05, 4.69) is 15.3 Å². The molecule has 32 heavy (non-hydrogen) atoms. The molecule has 1 amide bonds. The Kier molecular flexibility index (Phi) is 6.95. The second-order valence-corrected chi connectivity index (χ2v) is 7.65. The molecule has 0 aliphatic heterocycles. The summed E-state index contributed by atoms with van der Waals surface area (Å²) in [4.78, 5) is 19.7. The van der Waals surface area contributed by atoms with Crippen molar-refractivity contribution in [3.05, 3.63) is 52.9 Å². The number of aliphatic imine (C=N–C) groups is 1. The van der Waals surface area contributed by atoms with Crippen LogP contribution in [0.5, 0.6) is 5.75 Å². The number of anilines is 1. The lowest BCUT2D eigenvalue weighted by Gasteiger charge is -2.26. The number of nitrogens with one attached hydrogen (secondary N) is 1. The summed E-state index contributed by atoms with van der Waals surface area (Å²) in [5, 5.41) is 11.7. The third-order valence-electron chi connectivity index (χ3n) is 5.33. The van der Waals surface area contributed by atoms with Gasteiger partial charge in [0, 0.05) is 29.9 Å². The average molecular weight is 456 g/mol. The quantitative estimate of drug-likeness (QED) is 0.466. The molecule has 0 spiro atoms. The van der Waals surface area contributed by atoms with Crippen LogP contribution in [0.4, 0.5) is 27.6 Å². The lowest BCUT2D eigenvalue weighted by Crippen LogP contribution is -2.32. The van der Waals surface area contributed by atoms with Gasteiger partial charge in [-0.05, 0) is 49.8 Å². The smallest absolute Gasteiger partial charge is 0.433 e. The Balaban J connectivity index is 1.51. The fourth-order valence-electron chi connectivity index (χ4n) is 3.47. The number of amides is 1. The first-order valence-electron chi connectivity index (χ1n) is 9.86. The molecule has 1 aromatic heterocycles. The Bertz CT molecular complexity index is 995. The lowest BCUT2D eigenvalue weighted by molar-refractivity contribution is -0.141. The van der Waals surface area contributed by atoms with Gasteiger partial charge in [0.25, 0.3) is 5.91 Å². The first-order chi connectivity index (χ1) is 15.0. The molecule has 1 heterocycles. The minimum Gasteiger partial charge on any atom is -0.503 e. The van der Waals surface area contributed by atoms with Crippen LogP contribution in [-0.4, -0.2) is 34.8 Å². The summed E-state index contributed by atoms with van der Waals surface area (Å²) in [6.45, 7) is 0.297. The molecule has 6 nitrogen and oxygen atoms in total. The zero-order valence-electron chi connectivity index (χ0n) is 16.8. The van der Waals surface area contributed by atoms with Gasteiger partial charge in [0.2, 0.25) is 0 Å². The number of carbonyl (C=O) groups excluding carboxylic acids is 1. The minimum atomic E-state index is -4.57. The Morgan fingerprint density at radius 3 is 2.41 bits per heavy atom. The number of nitrogen functional groups attached to an aromatic ring is 1. The molecule has 1 aliphatic carbocycles. The first-order valence-corrected chi connectivity index (χ1v) is 9.86. The van der Waals surface area contributed by atoms with E-state index in [1.165, 1.54) is 6.21 Å². The normalized spacial score (nSPS) is 19.3. The predicted octanol–water partition coefficient (Wildman–Crippen LogP) is 4.07. The third-order valence-corrected chi connectivity index (χ3v) is 5.33. The number of pyridine rings is 1. The number of phenolic OH excluding ortho intramolecular Hbond substituents is 1. The Morgan fingerprint density at radius 1 is 1.19 bits per heavy atom. The van der Waals surface area contributed by atoms with Crippen molar-refractivity contribution in [2.24, 2.45) is 10.9 Å². The highest BCUT2D eigenvalue weighted by atomic mass is 19.4. The molecule has 0 radical (unpaired) electrons. The van der Waals surface area contributed by atoms with Gasteiger partial charge in [-0.3, -0.25) is 9.79 Å². The van der Waals surface area contributed by atoms with Crippen LogP contribution in [-0.2, 0) is 6.18 Å². The molecule has 4 N–H and O–H groups in total. The monoisotopic (exact) mass is 456 g/mol. The summed E-state index contributed by atoms with van der Waals surface area (Å²) in [5.41, 5.74) is 4.66. The zero-order chi connectivity index (χ0) is 23.5. The van der Waals surface area contributed by atoms with Gasteiger partial charge in [-0.25, -0.2) is 13.8 Å². The molecule has 1 aliphatic rings. The molecule has 1 fully saturated rings. The molecular formula is C21H21F5N4O2. The van der Waals surface area contributed by atoms with Crippen LogP contribution in [0.2, 0.25) is 0 Å². The van der Waals surface area contributed by atoms with Crippen LogP contribution in [0.3, 0.4) is 0 Å². The summed E-state index contributed by atoms with van der Waals surface area (Å²) in [7, 11) is 0. The number of halogens is 5. The summed E-state index contributed by atoms with van der Waals surface area (Å²) in [6, 6.07) is 2.28. The van der Waals surface area contributed by atoms with E-state index in [0.717, 1.165) is 24.4 Å². The molecule has 0 bridgehead atoms. The maximum Gasteiger partial charge on any atom is 0.433 e. The molecule has 2 aromatic rings. The highest BCUT2D eigenvalue weighted by Gasteiger charge is 2.32. The van der Waals surface area contributed by atoms with Crippen molar-refractivity contribution in [3.8, 4) is 5.75 Å². The molecule has 3 rings (SSSR count). The standard InChI is InChI=1S/C21H21F5N4O2/c22-15-5-12(6-16(23)19(15)31)20(32)30-8-11-1-3-14(4-2-11)28-9-13-7-18(21(24,25)26)29-10-17(13)27/h5-7,9-11,14,31H,1-4,8,27H2,(H,30,32). The van der Waals surface area contributed by atoms with Crippen LogP contribution in [0.1, 0.15) is 47.3 Å². The SMILES string of the molecule is Nc1cnc(C(F)(F)F)cc1C=NC1CCC(CNC(=O)c2cc(F)c(O)c(F)c2)CC1. The van der Waals surface area contributed by atoms with Crippen LogP contribution in [0.25, 0.3) is 0 Å². The van der Waals surface area contributed by atoms with Crippen molar-refractivity contribution in [1.82, 2.24) is 10.3 Å². The fourth-order valence-corrected chi connectivity index (χ4v) is 3.47. The zero-order valence-corrected chi connectivity index (χ0v) is 16.8. The molecule has 1 saturated carbocycles. The lowest BCUT2D eigenvalue weighted by atomic mass is 9.86. The van der Waals surface area contributed by atoms with E-state index in [9.17, 15) is 26.7 Å². The number of aromatic hydroxyl groups is 1. The van der Waals surface area contributed by atoms with Crippen molar-refractivity contribution < 1.29 is 31.9 Å². The first kappa shape index (κ1) is 23.4. The number of hydrogen-bond donors (Lipinski definition) is 3. The number of nitrogens with two attached hydrogens (primary N) is 1. The summed E-state index contributed by atoms with van der Waals surface area (Å²) >= 11 is 0. The van der Waals surface area contributed by atoms with Gasteiger partial charge in [-0.15, -0.1) is 0 Å². The number of rotatable bonds is 5. The van der Waals surface area contributed by atoms with Gasteiger partial charge >= 0.3 is 6.18 Å². The highest BCUT2D eigenvalue weighted by Crippen LogP contribution is 2.30. The number of benzene rings is 1. The van der Waals surface area contributed by atoms with Crippen molar-refractivity contribution in [1.29, 1.82) is 0 Å². The van der Waals surface area contributed by atoms with Crippen molar-refractivity contribution in [3.63, 3.8) is 0 Å². The molecular weight excluding hydrogens is 435 g/mol. The topological polar surface area (TPSA) is 101 Å². The van der Waals surface area contributed by atoms with Crippen molar-refractivity contribution in [2.75, 3.05) is 12.3 Å². The maximum atomic E-state index is 13.4. The van der Waals surface area contributed by atoms with E-state index < -0.39 is 35.2 Å². The van der Waals surface area contributed by atoms with E-state index in [0.29, 0.717) is 32.2 Å². The summed E-state index contributed by atoms with van der Waals surface area (Å²) < 4.78 is 65.2. The Hall–Kier alpha value is -3.24. The molecule has 0 atom stereocenters. The maximum absolute atomic E-state index is 13.4. The number of aromatic nitrogens is 1. The van der Waals surface area contributed by atoms with Gasteiger partial charge in [-0.1, -0.05) is 0 Å². The van der Waals surface area contributed by atoms with E-state index in [-0.39, 0.29) is 28.8 Å². The number of alkyl halides is 3. The molecule has 1 aromatic carbocycles. The average Bonchev–Trinajstić information content (AvgIpc) is 2.74. The largest absolute Gasteiger partial charge is 0.503 e. The van der Waals surface area contributed by atoms with Gasteiger partial charge < -0.3 is 16.2 Å². The second kappa shape index (κ2) is 9.49. The molecule has 172 valence electrons. The van der Waals surface area contributed by atoms with E-state index in [1.807, 2.05) is 0 Å². The fraction of sp³-hybridized carbons (Fsp3) is 0.381. The third kappa shape index (κ3) is 5.71. The van der Waals surface area contributed by atoms with Gasteiger partial charge in [0.15, 0.2) is 17.4 Å². The van der Waals surface area contributed by atoms with Crippen LogP contribution < -0.4 is 11.1 Å². The summed E-state index contributed by atoms with van der Waals surface area (Å²) in [5.74, 6) is -4.10. The molecule has 0 unspecified atom stereocenters. The van der Waals surface area contributed by atoms with Crippen LogP contribution in [0.15, 0.2) is 29.4 Å². The Morgan fingerprint density at radius 2 is 1.81 bits per heavy atom. The number of hydrogen-bond acceptors (Lipinski definition) is 5. The van der Waals surface area contributed by atoms with Gasteiger partial charge in [0.05, 0.1) is 11.9 Å². The van der Waals surface area contributed by atoms with Crippen molar-refractivity contribution in [2.45, 2.75) is 37.9 Å². The van der Waals surface area contributed by atoms with E-state index >= 15 is 0 Å².